The van der Waals surface area contributed by atoms with Crippen molar-refractivity contribution in [2.75, 3.05) is 13.1 Å². The van der Waals surface area contributed by atoms with Crippen molar-refractivity contribution >= 4 is 17.9 Å². The quantitative estimate of drug-likeness (QED) is 0.532. The number of carboxylic acids is 1. The second-order valence-electron chi connectivity index (χ2n) is 4.39. The maximum absolute atomic E-state index is 11.8. The summed E-state index contributed by atoms with van der Waals surface area (Å²) in [6.45, 7) is 4.39. The van der Waals surface area contributed by atoms with Gasteiger partial charge >= 0.3 is 12.0 Å². The molecule has 0 aromatic heterocycles. The lowest BCUT2D eigenvalue weighted by molar-refractivity contribution is -0.138. The molecule has 0 rings (SSSR count). The number of primary amides is 1. The number of amides is 3. The van der Waals surface area contributed by atoms with E-state index in [-0.39, 0.29) is 24.4 Å². The third kappa shape index (κ3) is 8.01. The van der Waals surface area contributed by atoms with Crippen molar-refractivity contribution < 1.29 is 19.5 Å². The SMILES string of the molecule is CCN(C(=O)NCCCCC(N)=O)C(C)CC(=O)O. The Labute approximate surface area is 113 Å². The van der Waals surface area contributed by atoms with Gasteiger partial charge in [-0.1, -0.05) is 0 Å². The minimum atomic E-state index is -0.930. The molecule has 1 unspecified atom stereocenters. The molecule has 0 aliphatic rings. The van der Waals surface area contributed by atoms with Crippen molar-refractivity contribution in [3.8, 4) is 0 Å². The van der Waals surface area contributed by atoms with Gasteiger partial charge in [0, 0.05) is 25.6 Å². The Morgan fingerprint density at radius 3 is 2.42 bits per heavy atom. The highest BCUT2D eigenvalue weighted by Gasteiger charge is 2.20. The fraction of sp³-hybridized carbons (Fsp3) is 0.750. The Morgan fingerprint density at radius 2 is 1.95 bits per heavy atom. The summed E-state index contributed by atoms with van der Waals surface area (Å²) in [4.78, 5) is 34.4. The minimum absolute atomic E-state index is 0.0804. The van der Waals surface area contributed by atoms with Crippen LogP contribution in [0.2, 0.25) is 0 Å². The molecule has 0 aliphatic carbocycles. The normalized spacial score (nSPS) is 11.7. The number of carbonyl (C=O) groups is 3. The van der Waals surface area contributed by atoms with Crippen LogP contribution in [0.5, 0.6) is 0 Å². The molecule has 3 amide bonds. The molecule has 4 N–H and O–H groups in total. The van der Waals surface area contributed by atoms with E-state index in [1.165, 1.54) is 4.90 Å². The molecule has 110 valence electrons. The van der Waals surface area contributed by atoms with Crippen LogP contribution < -0.4 is 11.1 Å². The third-order valence-corrected chi connectivity index (χ3v) is 2.73. The van der Waals surface area contributed by atoms with E-state index in [0.29, 0.717) is 32.4 Å². The van der Waals surface area contributed by atoms with Crippen molar-refractivity contribution in [1.29, 1.82) is 0 Å². The number of nitrogens with zero attached hydrogens (tertiary/aromatic N) is 1. The van der Waals surface area contributed by atoms with E-state index in [4.69, 9.17) is 10.8 Å². The van der Waals surface area contributed by atoms with Crippen molar-refractivity contribution in [3.05, 3.63) is 0 Å². The number of rotatable bonds is 9. The predicted octanol–water partition coefficient (Wildman–Crippen LogP) is 0.537. The Kier molecular flexibility index (Phi) is 8.32. The van der Waals surface area contributed by atoms with Crippen LogP contribution in [0.25, 0.3) is 0 Å². The van der Waals surface area contributed by atoms with Crippen molar-refractivity contribution in [1.82, 2.24) is 10.2 Å². The highest BCUT2D eigenvalue weighted by Crippen LogP contribution is 2.04. The molecule has 0 bridgehead atoms. The summed E-state index contributed by atoms with van der Waals surface area (Å²) < 4.78 is 0. The number of nitrogens with one attached hydrogen (secondary N) is 1. The van der Waals surface area contributed by atoms with Gasteiger partial charge in [-0.25, -0.2) is 4.79 Å². The second kappa shape index (κ2) is 9.18. The standard InChI is InChI=1S/C12H23N3O4/c1-3-15(9(2)8-11(17)18)12(19)14-7-5-4-6-10(13)16/h9H,3-8H2,1-2H3,(H2,13,16)(H,14,19)(H,17,18). The average Bonchev–Trinajstić information content (AvgIpc) is 2.27. The van der Waals surface area contributed by atoms with E-state index in [1.807, 2.05) is 0 Å². The summed E-state index contributed by atoms with van der Waals surface area (Å²) in [6.07, 6.45) is 1.53. The first-order valence-corrected chi connectivity index (χ1v) is 6.43. The Bertz CT molecular complexity index is 320. The van der Waals surface area contributed by atoms with E-state index >= 15 is 0 Å². The minimum Gasteiger partial charge on any atom is -0.481 e. The monoisotopic (exact) mass is 273 g/mol. The highest BCUT2D eigenvalue weighted by atomic mass is 16.4. The van der Waals surface area contributed by atoms with Crippen LogP contribution >= 0.6 is 0 Å². The number of nitrogens with two attached hydrogens (primary N) is 1. The van der Waals surface area contributed by atoms with Crippen molar-refractivity contribution in [3.63, 3.8) is 0 Å². The molecule has 1 atom stereocenters. The molecular formula is C12H23N3O4. The largest absolute Gasteiger partial charge is 0.481 e. The number of hydrogen-bond acceptors (Lipinski definition) is 3. The topological polar surface area (TPSA) is 113 Å². The van der Waals surface area contributed by atoms with Crippen LogP contribution in [0.3, 0.4) is 0 Å². The fourth-order valence-electron chi connectivity index (χ4n) is 1.74. The van der Waals surface area contributed by atoms with E-state index in [9.17, 15) is 14.4 Å². The molecule has 7 heteroatoms. The first-order valence-electron chi connectivity index (χ1n) is 6.43. The molecule has 19 heavy (non-hydrogen) atoms. The van der Waals surface area contributed by atoms with E-state index in [1.54, 1.807) is 13.8 Å². The Hall–Kier alpha value is -1.79. The zero-order valence-electron chi connectivity index (χ0n) is 11.5. The van der Waals surface area contributed by atoms with Crippen LogP contribution in [0, 0.1) is 0 Å². The first kappa shape index (κ1) is 17.2. The zero-order valence-corrected chi connectivity index (χ0v) is 11.5. The molecule has 7 nitrogen and oxygen atoms in total. The van der Waals surface area contributed by atoms with E-state index in [0.717, 1.165) is 0 Å². The fourth-order valence-corrected chi connectivity index (χ4v) is 1.74. The van der Waals surface area contributed by atoms with Gasteiger partial charge in [0.2, 0.25) is 5.91 Å². The highest BCUT2D eigenvalue weighted by molar-refractivity contribution is 5.76. The molecule has 0 aromatic rings. The first-order chi connectivity index (χ1) is 8.88. The van der Waals surface area contributed by atoms with Crippen LogP contribution in [-0.2, 0) is 9.59 Å². The van der Waals surface area contributed by atoms with Crippen LogP contribution in [0.1, 0.15) is 39.5 Å². The summed E-state index contributed by atoms with van der Waals surface area (Å²) in [7, 11) is 0. The Morgan fingerprint density at radius 1 is 1.32 bits per heavy atom. The smallest absolute Gasteiger partial charge is 0.317 e. The van der Waals surface area contributed by atoms with Crippen LogP contribution in [0.4, 0.5) is 4.79 Å². The maximum atomic E-state index is 11.8. The van der Waals surface area contributed by atoms with Gasteiger partial charge in [0.15, 0.2) is 0 Å². The predicted molar refractivity (Wildman–Crippen MR) is 70.5 cm³/mol. The summed E-state index contributed by atoms with van der Waals surface area (Å²) in [5, 5.41) is 11.4. The molecule has 0 spiro atoms. The molecule has 0 saturated carbocycles. The van der Waals surface area contributed by atoms with Crippen LogP contribution in [-0.4, -0.2) is 47.0 Å². The molecule has 0 saturated heterocycles. The lowest BCUT2D eigenvalue weighted by Gasteiger charge is -2.27. The maximum Gasteiger partial charge on any atom is 0.317 e. The van der Waals surface area contributed by atoms with Gasteiger partial charge in [0.1, 0.15) is 0 Å². The van der Waals surface area contributed by atoms with Gasteiger partial charge < -0.3 is 21.1 Å². The van der Waals surface area contributed by atoms with E-state index < -0.39 is 5.97 Å². The summed E-state index contributed by atoms with van der Waals surface area (Å²) in [5.41, 5.74) is 5.00. The Balaban J connectivity index is 4.00. The van der Waals surface area contributed by atoms with Crippen molar-refractivity contribution in [2.24, 2.45) is 5.73 Å². The summed E-state index contributed by atoms with van der Waals surface area (Å²) in [6, 6.07) is -0.636. The van der Waals surface area contributed by atoms with E-state index in [2.05, 4.69) is 5.32 Å². The van der Waals surface area contributed by atoms with Gasteiger partial charge in [-0.2, -0.15) is 0 Å². The average molecular weight is 273 g/mol. The number of carboxylic acid groups (broad SMARTS) is 1. The second-order valence-corrected chi connectivity index (χ2v) is 4.39. The van der Waals surface area contributed by atoms with Gasteiger partial charge in [0.25, 0.3) is 0 Å². The summed E-state index contributed by atoms with van der Waals surface area (Å²) in [5.74, 6) is -1.28. The number of carbonyl (C=O) groups excluding carboxylic acids is 2. The van der Waals surface area contributed by atoms with Gasteiger partial charge in [0.05, 0.1) is 6.42 Å². The number of urea groups is 1. The summed E-state index contributed by atoms with van der Waals surface area (Å²) >= 11 is 0. The molecule has 0 aliphatic heterocycles. The number of hydrogen-bond donors (Lipinski definition) is 3. The molecule has 0 heterocycles. The van der Waals surface area contributed by atoms with Gasteiger partial charge in [-0.3, -0.25) is 9.59 Å². The lowest BCUT2D eigenvalue weighted by atomic mass is 10.2. The van der Waals surface area contributed by atoms with Gasteiger partial charge in [-0.15, -0.1) is 0 Å². The number of unbranched alkanes of at least 4 members (excludes halogenated alkanes) is 1. The number of aliphatic carboxylic acids is 1. The molecule has 0 fully saturated rings. The molecule has 0 aromatic carbocycles. The van der Waals surface area contributed by atoms with Crippen molar-refractivity contribution in [2.45, 2.75) is 45.6 Å². The lowest BCUT2D eigenvalue weighted by Crippen LogP contribution is -2.45. The third-order valence-electron chi connectivity index (χ3n) is 2.73. The zero-order chi connectivity index (χ0) is 14.8. The molecular weight excluding hydrogens is 250 g/mol. The molecule has 0 radical (unpaired) electrons. The van der Waals surface area contributed by atoms with Gasteiger partial charge in [-0.05, 0) is 26.7 Å². The van der Waals surface area contributed by atoms with Crippen LogP contribution in [0.15, 0.2) is 0 Å².